The lowest BCUT2D eigenvalue weighted by Gasteiger charge is -2.21. The van der Waals surface area contributed by atoms with Crippen molar-refractivity contribution < 1.29 is 80.2 Å². The van der Waals surface area contributed by atoms with Crippen molar-refractivity contribution in [3.05, 3.63) is 0 Å². The van der Waals surface area contributed by atoms with E-state index in [-0.39, 0.29) is 25.7 Å². The van der Waals surface area contributed by atoms with E-state index in [0.717, 1.165) is 108 Å². The van der Waals surface area contributed by atoms with Crippen LogP contribution < -0.4 is 0 Å². The Balaban J connectivity index is 5.22. The number of rotatable bonds is 86. The second kappa shape index (κ2) is 78.3. The Morgan fingerprint density at radius 2 is 0.453 bits per heavy atom. The highest BCUT2D eigenvalue weighted by Crippen LogP contribution is 2.45. The first-order chi connectivity index (χ1) is 51.4. The van der Waals surface area contributed by atoms with Gasteiger partial charge in [0.15, 0.2) is 12.2 Å². The van der Waals surface area contributed by atoms with Crippen molar-refractivity contribution in [1.82, 2.24) is 0 Å². The zero-order valence-electron chi connectivity index (χ0n) is 69.7. The number of carbonyl (C=O) groups excluding carboxylic acids is 4. The van der Waals surface area contributed by atoms with Gasteiger partial charge in [-0.1, -0.05) is 414 Å². The third-order valence-electron chi connectivity index (χ3n) is 21.2. The minimum atomic E-state index is -4.97. The zero-order chi connectivity index (χ0) is 77.8. The van der Waals surface area contributed by atoms with Gasteiger partial charge in [0.05, 0.1) is 26.4 Å². The van der Waals surface area contributed by atoms with Gasteiger partial charge in [-0.2, -0.15) is 0 Å². The van der Waals surface area contributed by atoms with E-state index in [0.29, 0.717) is 25.7 Å². The molecule has 0 fully saturated rings. The summed E-state index contributed by atoms with van der Waals surface area (Å²) in [6.45, 7) is 9.69. The third kappa shape index (κ3) is 77.4. The summed E-state index contributed by atoms with van der Waals surface area (Å²) >= 11 is 0. The van der Waals surface area contributed by atoms with Crippen molar-refractivity contribution in [3.63, 3.8) is 0 Å². The molecule has 17 nitrogen and oxygen atoms in total. The first-order valence-electron chi connectivity index (χ1n) is 45.1. The van der Waals surface area contributed by atoms with Crippen LogP contribution in [0.1, 0.15) is 465 Å². The van der Waals surface area contributed by atoms with E-state index in [9.17, 15) is 43.2 Å². The van der Waals surface area contributed by atoms with Crippen molar-refractivity contribution >= 4 is 39.5 Å². The summed E-state index contributed by atoms with van der Waals surface area (Å²) in [6, 6.07) is 0. The lowest BCUT2D eigenvalue weighted by atomic mass is 9.99. The number of aliphatic hydroxyl groups excluding tert-OH is 1. The average molecular weight is 1550 g/mol. The number of carbonyl (C=O) groups is 4. The molecule has 0 aliphatic carbocycles. The maximum Gasteiger partial charge on any atom is 0.472 e. The van der Waals surface area contributed by atoms with E-state index in [4.69, 9.17) is 37.0 Å². The molecular formula is C87H170O17P2. The number of esters is 4. The summed E-state index contributed by atoms with van der Waals surface area (Å²) in [4.78, 5) is 73.2. The minimum Gasteiger partial charge on any atom is -0.462 e. The molecule has 19 heteroatoms. The molecule has 0 amide bonds. The molecule has 3 N–H and O–H groups in total. The van der Waals surface area contributed by atoms with Gasteiger partial charge < -0.3 is 33.8 Å². The van der Waals surface area contributed by atoms with Crippen LogP contribution in [0.3, 0.4) is 0 Å². The first-order valence-corrected chi connectivity index (χ1v) is 48.1. The maximum absolute atomic E-state index is 13.2. The Kier molecular flexibility index (Phi) is 76.9. The van der Waals surface area contributed by atoms with Gasteiger partial charge in [0.1, 0.15) is 19.3 Å². The molecule has 0 aromatic carbocycles. The zero-order valence-corrected chi connectivity index (χ0v) is 71.5. The number of unbranched alkanes of at least 4 members (excludes halogenated alkanes) is 54. The van der Waals surface area contributed by atoms with Gasteiger partial charge in [0, 0.05) is 25.7 Å². The molecule has 106 heavy (non-hydrogen) atoms. The van der Waals surface area contributed by atoms with Gasteiger partial charge in [-0.15, -0.1) is 0 Å². The molecule has 0 aromatic rings. The van der Waals surface area contributed by atoms with E-state index in [1.807, 2.05) is 0 Å². The fraction of sp³-hybridized carbons (Fsp3) is 0.954. The van der Waals surface area contributed by atoms with Gasteiger partial charge in [-0.3, -0.25) is 37.3 Å². The van der Waals surface area contributed by atoms with E-state index in [1.165, 1.54) is 276 Å². The van der Waals surface area contributed by atoms with Crippen molar-refractivity contribution in [2.24, 2.45) is 11.8 Å². The molecular weight excluding hydrogens is 1380 g/mol. The van der Waals surface area contributed by atoms with E-state index in [1.54, 1.807) is 0 Å². The average Bonchev–Trinajstić information content (AvgIpc) is 0.899. The van der Waals surface area contributed by atoms with Crippen LogP contribution in [0, 0.1) is 11.8 Å². The van der Waals surface area contributed by atoms with Gasteiger partial charge in [-0.05, 0) is 37.5 Å². The highest BCUT2D eigenvalue weighted by Gasteiger charge is 2.30. The largest absolute Gasteiger partial charge is 0.472 e. The van der Waals surface area contributed by atoms with Gasteiger partial charge >= 0.3 is 39.5 Å². The molecule has 630 valence electrons. The van der Waals surface area contributed by atoms with E-state index >= 15 is 0 Å². The van der Waals surface area contributed by atoms with Crippen LogP contribution in [0.5, 0.6) is 0 Å². The fourth-order valence-corrected chi connectivity index (χ4v) is 15.1. The lowest BCUT2D eigenvalue weighted by Crippen LogP contribution is -2.30. The van der Waals surface area contributed by atoms with Crippen LogP contribution in [-0.4, -0.2) is 96.7 Å². The summed E-state index contributed by atoms with van der Waals surface area (Å²) in [5.74, 6) is -0.522. The molecule has 0 aliphatic heterocycles. The Labute approximate surface area is 651 Å². The number of aliphatic hydroxyl groups is 1. The van der Waals surface area contributed by atoms with E-state index < -0.39 is 97.5 Å². The molecule has 0 radical (unpaired) electrons. The van der Waals surface area contributed by atoms with Crippen LogP contribution in [0.2, 0.25) is 0 Å². The van der Waals surface area contributed by atoms with Gasteiger partial charge in [-0.25, -0.2) is 9.13 Å². The number of ether oxygens (including phenoxy) is 4. The summed E-state index contributed by atoms with van der Waals surface area (Å²) < 4.78 is 68.9. The van der Waals surface area contributed by atoms with Crippen molar-refractivity contribution in [2.75, 3.05) is 39.6 Å². The number of hydrogen-bond donors (Lipinski definition) is 3. The predicted molar refractivity (Wildman–Crippen MR) is 437 cm³/mol. The molecule has 0 saturated carbocycles. The van der Waals surface area contributed by atoms with Crippen LogP contribution in [-0.2, 0) is 65.4 Å². The normalized spacial score (nSPS) is 14.3. The Morgan fingerprint density at radius 1 is 0.264 bits per heavy atom. The third-order valence-corrected chi connectivity index (χ3v) is 23.1. The van der Waals surface area contributed by atoms with E-state index in [2.05, 4.69) is 41.5 Å². The molecule has 0 aliphatic rings. The monoisotopic (exact) mass is 1550 g/mol. The van der Waals surface area contributed by atoms with Crippen LogP contribution in [0.4, 0.5) is 0 Å². The summed E-state index contributed by atoms with van der Waals surface area (Å²) in [5, 5.41) is 10.7. The maximum atomic E-state index is 13.2. The topological polar surface area (TPSA) is 237 Å². The van der Waals surface area contributed by atoms with Crippen LogP contribution in [0.25, 0.3) is 0 Å². The van der Waals surface area contributed by atoms with Crippen molar-refractivity contribution in [2.45, 2.75) is 484 Å². The summed E-state index contributed by atoms with van der Waals surface area (Å²) in [5.41, 5.74) is 0. The predicted octanol–water partition coefficient (Wildman–Crippen LogP) is 26.6. The van der Waals surface area contributed by atoms with Crippen molar-refractivity contribution in [1.29, 1.82) is 0 Å². The summed E-state index contributed by atoms with van der Waals surface area (Å²) in [6.07, 6.45) is 70.9. The molecule has 0 rings (SSSR count). The standard InChI is InChI=1S/C87H170O17P2/c1-7-11-13-15-17-19-21-23-25-27-28-29-30-31-32-34-40-44-48-52-60-66-71-86(91)103-82(75-97-84(89)69-63-57-50-46-42-38-36-35-37-41-45-49-55-61-67-79(5)9-3)77-101-105(93,94)99-73-81(88)74-100-106(95,96)102-78-83(76-98-85(90)70-64-58-54-53-56-62-68-80(6)10-4)104-87(92)72-65-59-51-47-43-39-33-26-24-22-20-18-16-14-12-8-2/h79-83,88H,7-78H2,1-6H3,(H,93,94)(H,95,96)/t79?,80?,81-,82-,83-/m1/s1. The van der Waals surface area contributed by atoms with Gasteiger partial charge in [0.2, 0.25) is 0 Å². The first kappa shape index (κ1) is 104. The minimum absolute atomic E-state index is 0.108. The molecule has 0 spiro atoms. The molecule has 0 bridgehead atoms. The molecule has 0 saturated heterocycles. The smallest absolute Gasteiger partial charge is 0.462 e. The summed E-state index contributed by atoms with van der Waals surface area (Å²) in [7, 11) is -9.93. The number of phosphoric acid groups is 2. The Hall–Kier alpha value is -1.94. The Morgan fingerprint density at radius 3 is 0.670 bits per heavy atom. The second-order valence-electron chi connectivity index (χ2n) is 31.8. The number of hydrogen-bond acceptors (Lipinski definition) is 15. The second-order valence-corrected chi connectivity index (χ2v) is 34.7. The highest BCUT2D eigenvalue weighted by molar-refractivity contribution is 7.47. The highest BCUT2D eigenvalue weighted by atomic mass is 31.2. The SMILES string of the molecule is CCCCCCCCCCCCCCCCCCCCCCCCC(=O)O[C@H](COC(=O)CCCCCCCCCCCCCCCCC(C)CC)COP(=O)(O)OC[C@@H](O)COP(=O)(O)OC[C@@H](COC(=O)CCCCCCCCC(C)CC)OC(=O)CCCCCCCCCCCCCCCCCC. The lowest BCUT2D eigenvalue weighted by molar-refractivity contribution is -0.161. The number of phosphoric ester groups is 2. The van der Waals surface area contributed by atoms with Crippen LogP contribution in [0.15, 0.2) is 0 Å². The quantitative estimate of drug-likeness (QED) is 0.0222. The van der Waals surface area contributed by atoms with Crippen molar-refractivity contribution in [3.8, 4) is 0 Å². The molecule has 4 unspecified atom stereocenters. The molecule has 0 heterocycles. The fourth-order valence-electron chi connectivity index (χ4n) is 13.5. The molecule has 7 atom stereocenters. The Bertz CT molecular complexity index is 2030. The van der Waals surface area contributed by atoms with Gasteiger partial charge in [0.25, 0.3) is 0 Å². The molecule has 0 aromatic heterocycles. The van der Waals surface area contributed by atoms with Crippen LogP contribution >= 0.6 is 15.6 Å².